The first-order valence-electron chi connectivity index (χ1n) is 8.25. The van der Waals surface area contributed by atoms with Crippen LogP contribution in [-0.2, 0) is 17.3 Å². The summed E-state index contributed by atoms with van der Waals surface area (Å²) in [5, 5.41) is 0. The summed E-state index contributed by atoms with van der Waals surface area (Å²) in [7, 11) is 5.31. The average molecular weight is 381 g/mol. The Labute approximate surface area is 159 Å². The number of hydrogen-bond donors (Lipinski definition) is 0. The van der Waals surface area contributed by atoms with E-state index in [1.807, 2.05) is 10.3 Å². The quantitative estimate of drug-likeness (QED) is 0.417. The number of rotatable bonds is 3. The lowest BCUT2D eigenvalue weighted by Gasteiger charge is -2.30. The molecular formula is C20H28OS3. The number of hydrogen-bond acceptors (Lipinski definition) is 4. The Hall–Kier alpha value is -0.710. The highest BCUT2D eigenvalue weighted by atomic mass is 32.9. The Bertz CT molecular complexity index is 747. The van der Waals surface area contributed by atoms with Gasteiger partial charge in [0.25, 0.3) is 0 Å². The second-order valence-electron chi connectivity index (χ2n) is 8.40. The monoisotopic (exact) mass is 380 g/mol. The van der Waals surface area contributed by atoms with Crippen molar-refractivity contribution >= 4 is 32.9 Å². The van der Waals surface area contributed by atoms with Gasteiger partial charge in [-0.3, -0.25) is 0 Å². The van der Waals surface area contributed by atoms with Gasteiger partial charge in [-0.05, 0) is 28.9 Å². The molecule has 0 saturated carbocycles. The first-order valence-corrected chi connectivity index (χ1v) is 10.8. The highest BCUT2D eigenvalue weighted by molar-refractivity contribution is 7.79. The molecule has 0 spiro atoms. The largest absolute Gasteiger partial charge is 0.496 e. The van der Waals surface area contributed by atoms with Gasteiger partial charge in [0.15, 0.2) is 0 Å². The first-order chi connectivity index (χ1) is 10.9. The molecule has 0 saturated heterocycles. The van der Waals surface area contributed by atoms with E-state index < -0.39 is 0 Å². The summed E-state index contributed by atoms with van der Waals surface area (Å²) in [6.45, 7) is 15.6. The van der Waals surface area contributed by atoms with Crippen LogP contribution in [0.15, 0.2) is 12.1 Å². The summed E-state index contributed by atoms with van der Waals surface area (Å²) in [5.74, 6) is 1.04. The van der Waals surface area contributed by atoms with Gasteiger partial charge in [0.2, 0.25) is 0 Å². The van der Waals surface area contributed by atoms with Gasteiger partial charge in [0.1, 0.15) is 9.57 Å². The van der Waals surface area contributed by atoms with Gasteiger partial charge >= 0.3 is 0 Å². The molecule has 2 rings (SSSR count). The molecule has 1 aromatic carbocycles. The van der Waals surface area contributed by atoms with Crippen LogP contribution in [0.5, 0.6) is 5.75 Å². The van der Waals surface area contributed by atoms with E-state index in [9.17, 15) is 0 Å². The van der Waals surface area contributed by atoms with Crippen LogP contribution >= 0.6 is 32.9 Å². The van der Waals surface area contributed by atoms with Crippen molar-refractivity contribution in [3.05, 3.63) is 43.1 Å². The van der Waals surface area contributed by atoms with Crippen molar-refractivity contribution in [3.63, 3.8) is 0 Å². The van der Waals surface area contributed by atoms with Gasteiger partial charge < -0.3 is 4.74 Å². The van der Waals surface area contributed by atoms with Crippen LogP contribution in [0.4, 0.5) is 0 Å². The van der Waals surface area contributed by atoms with Gasteiger partial charge in [-0.15, -0.1) is 0 Å². The van der Waals surface area contributed by atoms with Crippen LogP contribution in [0.25, 0.3) is 0 Å². The summed E-state index contributed by atoms with van der Waals surface area (Å²) in [6.07, 6.45) is 0.944. The lowest BCUT2D eigenvalue weighted by atomic mass is 9.78. The molecule has 4 heteroatoms. The Morgan fingerprint density at radius 2 is 1.46 bits per heavy atom. The van der Waals surface area contributed by atoms with Gasteiger partial charge in [0.05, 0.1) is 7.11 Å². The minimum atomic E-state index is 0.0393. The molecule has 1 nitrogen and oxygen atoms in total. The van der Waals surface area contributed by atoms with Crippen molar-refractivity contribution < 1.29 is 4.74 Å². The minimum Gasteiger partial charge on any atom is -0.496 e. The maximum atomic E-state index is 5.85. The SMILES string of the molecule is COc1c(C(C)(C)C)cc(Cc2ssc(=S)c2C)cc1C(C)(C)C. The van der Waals surface area contributed by atoms with Gasteiger partial charge in [-0.2, -0.15) is 0 Å². The van der Waals surface area contributed by atoms with Gasteiger partial charge in [-0.1, -0.05) is 86.6 Å². The molecule has 0 bridgehead atoms. The van der Waals surface area contributed by atoms with E-state index in [4.69, 9.17) is 17.0 Å². The van der Waals surface area contributed by atoms with Crippen LogP contribution < -0.4 is 4.74 Å². The standard InChI is InChI=1S/C20H28OS3/c1-12-16(23-24-18(12)22)11-13-9-14(19(2,3)4)17(21-8)15(10-13)20(5,6)7/h9-10H,11H2,1-8H3. The average Bonchev–Trinajstić information content (AvgIpc) is 2.76. The van der Waals surface area contributed by atoms with E-state index in [1.165, 1.54) is 27.1 Å². The number of methoxy groups -OCH3 is 1. The normalized spacial score (nSPS) is 12.5. The molecule has 0 aliphatic carbocycles. The maximum absolute atomic E-state index is 5.85. The van der Waals surface area contributed by atoms with E-state index in [2.05, 4.69) is 60.6 Å². The van der Waals surface area contributed by atoms with E-state index >= 15 is 0 Å². The highest BCUT2D eigenvalue weighted by Crippen LogP contribution is 2.41. The van der Waals surface area contributed by atoms with Crippen molar-refractivity contribution in [1.82, 2.24) is 0 Å². The topological polar surface area (TPSA) is 9.23 Å². The van der Waals surface area contributed by atoms with Crippen molar-refractivity contribution in [1.29, 1.82) is 0 Å². The fraction of sp³-hybridized carbons (Fsp3) is 0.550. The lowest BCUT2D eigenvalue weighted by molar-refractivity contribution is 0.381. The first kappa shape index (κ1) is 19.6. The van der Waals surface area contributed by atoms with E-state index in [1.54, 1.807) is 17.5 Å². The lowest BCUT2D eigenvalue weighted by Crippen LogP contribution is -2.19. The van der Waals surface area contributed by atoms with Crippen LogP contribution in [0.1, 0.15) is 68.7 Å². The van der Waals surface area contributed by atoms with Crippen molar-refractivity contribution in [2.24, 2.45) is 0 Å². The Balaban J connectivity index is 2.65. The van der Waals surface area contributed by atoms with Crippen molar-refractivity contribution in [2.75, 3.05) is 7.11 Å². The predicted octanol–water partition coefficient (Wildman–Crippen LogP) is 7.04. The molecule has 0 atom stereocenters. The summed E-state index contributed by atoms with van der Waals surface area (Å²) in [4.78, 5) is 1.38. The van der Waals surface area contributed by atoms with Crippen LogP contribution in [0, 0.1) is 10.7 Å². The molecule has 0 N–H and O–H groups in total. The molecule has 0 aliphatic heterocycles. The minimum absolute atomic E-state index is 0.0393. The summed E-state index contributed by atoms with van der Waals surface area (Å²) in [5.41, 5.74) is 5.26. The Morgan fingerprint density at radius 1 is 0.958 bits per heavy atom. The zero-order valence-corrected chi connectivity index (χ0v) is 18.4. The zero-order valence-electron chi connectivity index (χ0n) is 16.0. The smallest absolute Gasteiger partial charge is 0.126 e. The molecule has 2 aromatic rings. The summed E-state index contributed by atoms with van der Waals surface area (Å²) >= 11 is 5.41. The van der Waals surface area contributed by atoms with Crippen molar-refractivity contribution in [2.45, 2.75) is 65.7 Å². The van der Waals surface area contributed by atoms with Gasteiger partial charge in [-0.25, -0.2) is 0 Å². The fourth-order valence-electron chi connectivity index (χ4n) is 2.80. The molecule has 0 radical (unpaired) electrons. The molecule has 0 fully saturated rings. The molecule has 1 heterocycles. The number of ether oxygens (including phenoxy) is 1. The molecule has 0 unspecified atom stereocenters. The summed E-state index contributed by atoms with van der Waals surface area (Å²) in [6, 6.07) is 4.64. The van der Waals surface area contributed by atoms with Crippen LogP contribution in [0.2, 0.25) is 0 Å². The molecule has 132 valence electrons. The van der Waals surface area contributed by atoms with E-state index in [-0.39, 0.29) is 10.8 Å². The van der Waals surface area contributed by atoms with Crippen molar-refractivity contribution in [3.8, 4) is 5.75 Å². The second-order valence-corrected chi connectivity index (χ2v) is 11.3. The third-order valence-electron chi connectivity index (χ3n) is 4.28. The third-order valence-corrected chi connectivity index (χ3v) is 7.69. The second kappa shape index (κ2) is 6.89. The zero-order chi connectivity index (χ0) is 18.3. The van der Waals surface area contributed by atoms with Crippen LogP contribution in [-0.4, -0.2) is 7.11 Å². The van der Waals surface area contributed by atoms with Gasteiger partial charge in [0, 0.05) is 22.4 Å². The van der Waals surface area contributed by atoms with E-state index in [0.717, 1.165) is 16.0 Å². The molecule has 24 heavy (non-hydrogen) atoms. The third kappa shape index (κ3) is 4.09. The summed E-state index contributed by atoms with van der Waals surface area (Å²) < 4.78 is 6.87. The van der Waals surface area contributed by atoms with E-state index in [0.29, 0.717) is 0 Å². The Kier molecular flexibility index (Phi) is 5.63. The molecule has 1 aromatic heterocycles. The molecular weight excluding hydrogens is 352 g/mol. The highest BCUT2D eigenvalue weighted by Gasteiger charge is 2.27. The molecule has 0 amide bonds. The maximum Gasteiger partial charge on any atom is 0.126 e. The fourth-order valence-corrected chi connectivity index (χ4v) is 5.69. The molecule has 0 aliphatic rings. The predicted molar refractivity (Wildman–Crippen MR) is 111 cm³/mol. The van der Waals surface area contributed by atoms with Crippen LogP contribution in [0.3, 0.4) is 0 Å². The number of benzene rings is 1. The Morgan fingerprint density at radius 3 is 1.79 bits per heavy atom.